The van der Waals surface area contributed by atoms with Crippen LogP contribution in [0.2, 0.25) is 10.0 Å². The van der Waals surface area contributed by atoms with Gasteiger partial charge in [-0.2, -0.15) is 0 Å². The van der Waals surface area contributed by atoms with Crippen LogP contribution in [0.25, 0.3) is 0 Å². The van der Waals surface area contributed by atoms with Gasteiger partial charge in [0.1, 0.15) is 6.10 Å². The lowest BCUT2D eigenvalue weighted by molar-refractivity contribution is -0.156. The summed E-state index contributed by atoms with van der Waals surface area (Å²) < 4.78 is 16.2. The predicted molar refractivity (Wildman–Crippen MR) is 86.5 cm³/mol. The Bertz CT molecular complexity index is 631. The molecule has 1 aromatic carbocycles. The molecule has 0 saturated carbocycles. The summed E-state index contributed by atoms with van der Waals surface area (Å²) in [4.78, 5) is 12.4. The molecule has 5 nitrogen and oxygen atoms in total. The summed E-state index contributed by atoms with van der Waals surface area (Å²) >= 11 is 12.5. The molecule has 0 amide bonds. The fourth-order valence-corrected chi connectivity index (χ4v) is 3.55. The third-order valence-electron chi connectivity index (χ3n) is 4.07. The largest absolute Gasteiger partial charge is 0.467 e. The Balaban J connectivity index is 1.90. The highest BCUT2D eigenvalue weighted by Crippen LogP contribution is 2.51. The molecule has 2 aliphatic rings. The highest BCUT2D eigenvalue weighted by molar-refractivity contribution is 6.36. The van der Waals surface area contributed by atoms with Gasteiger partial charge in [-0.3, -0.25) is 5.32 Å². The molecular formula is C16H17Cl2NO4. The lowest BCUT2D eigenvalue weighted by atomic mass is 9.93. The van der Waals surface area contributed by atoms with E-state index in [2.05, 4.69) is 5.32 Å². The van der Waals surface area contributed by atoms with E-state index in [-0.39, 0.29) is 6.04 Å². The van der Waals surface area contributed by atoms with Crippen LogP contribution in [0.5, 0.6) is 0 Å². The molecule has 2 aliphatic heterocycles. The summed E-state index contributed by atoms with van der Waals surface area (Å²) in [6.07, 6.45) is 2.58. The van der Waals surface area contributed by atoms with Gasteiger partial charge in [-0.15, -0.1) is 0 Å². The first-order chi connectivity index (χ1) is 11.0. The maximum Gasteiger partial charge on any atom is 0.331 e. The van der Waals surface area contributed by atoms with Crippen LogP contribution in [0, 0.1) is 0 Å². The van der Waals surface area contributed by atoms with Gasteiger partial charge in [-0.25, -0.2) is 4.79 Å². The molecule has 0 aliphatic carbocycles. The number of methoxy groups -OCH3 is 1. The molecule has 0 aromatic heterocycles. The van der Waals surface area contributed by atoms with Crippen LogP contribution in [-0.2, 0) is 19.0 Å². The second-order valence-corrected chi connectivity index (χ2v) is 6.15. The van der Waals surface area contributed by atoms with E-state index in [1.54, 1.807) is 30.4 Å². The van der Waals surface area contributed by atoms with Crippen molar-refractivity contribution in [2.75, 3.05) is 13.7 Å². The van der Waals surface area contributed by atoms with Gasteiger partial charge < -0.3 is 14.2 Å². The van der Waals surface area contributed by atoms with Crippen molar-refractivity contribution in [2.45, 2.75) is 30.9 Å². The van der Waals surface area contributed by atoms with Crippen molar-refractivity contribution in [1.82, 2.24) is 5.32 Å². The number of rotatable bonds is 5. The van der Waals surface area contributed by atoms with Gasteiger partial charge in [0.2, 0.25) is 0 Å². The molecule has 2 heterocycles. The lowest BCUT2D eigenvalue weighted by Gasteiger charge is -2.21. The second kappa shape index (κ2) is 6.42. The fraction of sp³-hybridized carbons (Fsp3) is 0.438. The van der Waals surface area contributed by atoms with Crippen molar-refractivity contribution in [3.05, 3.63) is 46.0 Å². The van der Waals surface area contributed by atoms with Crippen molar-refractivity contribution >= 4 is 29.2 Å². The fourth-order valence-electron chi connectivity index (χ4n) is 2.94. The molecule has 1 aromatic rings. The number of carbonyl (C=O) groups is 1. The van der Waals surface area contributed by atoms with Crippen LogP contribution in [0.1, 0.15) is 18.5 Å². The molecule has 0 spiro atoms. The summed E-state index contributed by atoms with van der Waals surface area (Å²) in [5, 5.41) is 4.14. The zero-order chi connectivity index (χ0) is 16.6. The minimum atomic E-state index is -1.05. The van der Waals surface area contributed by atoms with E-state index in [9.17, 15) is 4.79 Å². The van der Waals surface area contributed by atoms with Crippen LogP contribution in [0.15, 0.2) is 30.4 Å². The Hall–Kier alpha value is -1.11. The molecule has 23 heavy (non-hydrogen) atoms. The summed E-state index contributed by atoms with van der Waals surface area (Å²) in [6.45, 7) is 2.39. The molecule has 0 radical (unpaired) electrons. The predicted octanol–water partition coefficient (Wildman–Crippen LogP) is 2.87. The SMILES string of the molecule is CCO[C@H]1C=C[C@@H]([C@@]2(C(=O)OC)N[C@@H]2c2c(Cl)cccc2Cl)O1. The summed E-state index contributed by atoms with van der Waals surface area (Å²) in [5.74, 6) is -0.426. The van der Waals surface area contributed by atoms with Gasteiger partial charge in [-0.1, -0.05) is 35.3 Å². The smallest absolute Gasteiger partial charge is 0.331 e. The Kier molecular flexibility index (Phi) is 4.67. The number of hydrogen-bond donors (Lipinski definition) is 1. The zero-order valence-electron chi connectivity index (χ0n) is 12.7. The van der Waals surface area contributed by atoms with Gasteiger partial charge in [0.25, 0.3) is 0 Å². The molecule has 4 atom stereocenters. The van der Waals surface area contributed by atoms with E-state index in [1.165, 1.54) is 7.11 Å². The quantitative estimate of drug-likeness (QED) is 0.498. The normalized spacial score (nSPS) is 32.1. The number of halogens is 2. The van der Waals surface area contributed by atoms with Crippen molar-refractivity contribution in [2.24, 2.45) is 0 Å². The number of esters is 1. The molecule has 1 saturated heterocycles. The van der Waals surface area contributed by atoms with E-state index in [0.29, 0.717) is 22.2 Å². The third kappa shape index (κ3) is 2.77. The minimum Gasteiger partial charge on any atom is -0.467 e. The number of nitrogens with one attached hydrogen (secondary N) is 1. The summed E-state index contributed by atoms with van der Waals surface area (Å²) in [5.41, 5.74) is -0.385. The van der Waals surface area contributed by atoms with Gasteiger partial charge >= 0.3 is 5.97 Å². The summed E-state index contributed by atoms with van der Waals surface area (Å²) in [7, 11) is 1.34. The van der Waals surface area contributed by atoms with Crippen LogP contribution < -0.4 is 5.32 Å². The molecule has 3 rings (SSSR count). The third-order valence-corrected chi connectivity index (χ3v) is 4.73. The molecule has 1 fully saturated rings. The molecule has 0 unspecified atom stereocenters. The van der Waals surface area contributed by atoms with E-state index >= 15 is 0 Å². The van der Waals surface area contributed by atoms with Gasteiger partial charge in [0, 0.05) is 22.2 Å². The standard InChI is InChI=1S/C16H17Cl2NO4/c1-3-22-12-8-7-11(23-12)16(15(20)21-2)14(19-16)13-9(17)5-4-6-10(13)18/h4-8,11-12,14,19H,3H2,1-2H3/t11-,12+,14+,16+/m0/s1. The van der Waals surface area contributed by atoms with Gasteiger partial charge in [-0.05, 0) is 25.1 Å². The average Bonchev–Trinajstić information content (AvgIpc) is 3.08. The van der Waals surface area contributed by atoms with Crippen LogP contribution in [0.3, 0.4) is 0 Å². The number of hydrogen-bond acceptors (Lipinski definition) is 5. The maximum absolute atomic E-state index is 12.4. The first-order valence-corrected chi connectivity index (χ1v) is 8.05. The zero-order valence-corrected chi connectivity index (χ0v) is 14.2. The molecule has 0 bridgehead atoms. The van der Waals surface area contributed by atoms with E-state index in [0.717, 1.165) is 0 Å². The topological polar surface area (TPSA) is 66.7 Å². The molecular weight excluding hydrogens is 341 g/mol. The first kappa shape index (κ1) is 16.7. The minimum absolute atomic E-state index is 0.383. The Morgan fingerprint density at radius 2 is 2.04 bits per heavy atom. The van der Waals surface area contributed by atoms with Crippen LogP contribution >= 0.6 is 23.2 Å². The Morgan fingerprint density at radius 1 is 1.35 bits per heavy atom. The van der Waals surface area contributed by atoms with E-state index < -0.39 is 23.9 Å². The average molecular weight is 358 g/mol. The Labute approximate surface area is 144 Å². The molecule has 124 valence electrons. The highest BCUT2D eigenvalue weighted by atomic mass is 35.5. The number of ether oxygens (including phenoxy) is 3. The molecule has 1 N–H and O–H groups in total. The monoisotopic (exact) mass is 357 g/mol. The van der Waals surface area contributed by atoms with E-state index in [1.807, 2.05) is 6.92 Å². The van der Waals surface area contributed by atoms with Gasteiger partial charge in [0.15, 0.2) is 11.8 Å². The lowest BCUT2D eigenvalue weighted by Crippen LogP contribution is -2.42. The molecule has 7 heteroatoms. The van der Waals surface area contributed by atoms with Crippen LogP contribution in [-0.4, -0.2) is 37.6 Å². The summed E-state index contributed by atoms with van der Waals surface area (Å²) in [6, 6.07) is 4.84. The first-order valence-electron chi connectivity index (χ1n) is 7.30. The van der Waals surface area contributed by atoms with E-state index in [4.69, 9.17) is 37.4 Å². The maximum atomic E-state index is 12.4. The number of carbonyl (C=O) groups excluding carboxylic acids is 1. The second-order valence-electron chi connectivity index (χ2n) is 5.34. The van der Waals surface area contributed by atoms with Gasteiger partial charge in [0.05, 0.1) is 13.2 Å². The highest BCUT2D eigenvalue weighted by Gasteiger charge is 2.68. The van der Waals surface area contributed by atoms with Crippen molar-refractivity contribution < 1.29 is 19.0 Å². The van der Waals surface area contributed by atoms with Crippen molar-refractivity contribution in [1.29, 1.82) is 0 Å². The van der Waals surface area contributed by atoms with Crippen molar-refractivity contribution in [3.63, 3.8) is 0 Å². The van der Waals surface area contributed by atoms with Crippen molar-refractivity contribution in [3.8, 4) is 0 Å². The Morgan fingerprint density at radius 3 is 2.65 bits per heavy atom. The number of benzene rings is 1. The van der Waals surface area contributed by atoms with Crippen LogP contribution in [0.4, 0.5) is 0 Å².